The molecule has 0 bridgehead atoms. The Morgan fingerprint density at radius 3 is 2.27 bits per heavy atom. The number of para-hydroxylation sites is 1. The predicted octanol–water partition coefficient (Wildman–Crippen LogP) is 6.69. The number of hydrogen-bond acceptors (Lipinski definition) is 4. The van der Waals surface area contributed by atoms with Crippen molar-refractivity contribution < 1.29 is 4.42 Å². The highest BCUT2D eigenvalue weighted by atomic mass is 16.3. The fourth-order valence-corrected chi connectivity index (χ4v) is 3.51. The Kier molecular flexibility index (Phi) is 4.45. The van der Waals surface area contributed by atoms with Gasteiger partial charge >= 0.3 is 0 Å². The fourth-order valence-electron chi connectivity index (χ4n) is 3.51. The van der Waals surface area contributed by atoms with Crippen LogP contribution in [0.3, 0.4) is 0 Å². The van der Waals surface area contributed by atoms with E-state index < -0.39 is 0 Å². The Morgan fingerprint density at radius 1 is 0.767 bits per heavy atom. The number of benzene rings is 3. The average Bonchev–Trinajstić information content (AvgIpc) is 3.17. The molecule has 0 aliphatic rings. The average molecular weight is 389 g/mol. The van der Waals surface area contributed by atoms with Crippen LogP contribution in [-0.4, -0.2) is 15.0 Å². The van der Waals surface area contributed by atoms with E-state index >= 15 is 0 Å². The van der Waals surface area contributed by atoms with Crippen LogP contribution in [0, 0.1) is 0 Å². The lowest BCUT2D eigenvalue weighted by Gasteiger charge is -2.08. The van der Waals surface area contributed by atoms with Crippen LogP contribution in [0.25, 0.3) is 50.3 Å². The topological polar surface area (TPSA) is 51.8 Å². The highest BCUT2D eigenvalue weighted by Crippen LogP contribution is 2.32. The van der Waals surface area contributed by atoms with Gasteiger partial charge in [0.2, 0.25) is 0 Å². The summed E-state index contributed by atoms with van der Waals surface area (Å²) in [7, 11) is 0. The van der Waals surface area contributed by atoms with Crippen molar-refractivity contribution in [3.05, 3.63) is 97.4 Å². The minimum Gasteiger partial charge on any atom is -0.456 e. The van der Waals surface area contributed by atoms with Crippen LogP contribution in [0.4, 0.5) is 0 Å². The zero-order valence-electron chi connectivity index (χ0n) is 16.5. The molecule has 0 N–H and O–H groups in total. The van der Waals surface area contributed by atoms with Crippen molar-refractivity contribution in [2.75, 3.05) is 0 Å². The van der Waals surface area contributed by atoms with Crippen molar-refractivity contribution in [3.63, 3.8) is 0 Å². The molecule has 3 aromatic carbocycles. The van der Waals surface area contributed by atoms with Crippen LogP contribution in [0.2, 0.25) is 0 Å². The highest BCUT2D eigenvalue weighted by Gasteiger charge is 2.13. The van der Waals surface area contributed by atoms with Crippen molar-refractivity contribution >= 4 is 27.5 Å². The van der Waals surface area contributed by atoms with Gasteiger partial charge in [-0.2, -0.15) is 0 Å². The standard InChI is InChI=1S/C26H19N3O/c1-3-9-17(2)24-27-25(18-10-5-4-6-11-18)29-26(28-24)19-14-15-21-20-12-7-8-13-22(20)30-23(21)16-19/h3-16H,1H2,2H3. The zero-order valence-corrected chi connectivity index (χ0v) is 16.5. The maximum Gasteiger partial charge on any atom is 0.164 e. The summed E-state index contributed by atoms with van der Waals surface area (Å²) in [5, 5.41) is 2.18. The van der Waals surface area contributed by atoms with Gasteiger partial charge in [-0.1, -0.05) is 73.3 Å². The van der Waals surface area contributed by atoms with Gasteiger partial charge in [0.1, 0.15) is 11.2 Å². The number of hydrogen-bond donors (Lipinski definition) is 0. The third-order valence-electron chi connectivity index (χ3n) is 5.02. The van der Waals surface area contributed by atoms with Gasteiger partial charge in [0, 0.05) is 21.9 Å². The van der Waals surface area contributed by atoms with E-state index in [1.165, 1.54) is 0 Å². The second-order valence-corrected chi connectivity index (χ2v) is 7.07. The van der Waals surface area contributed by atoms with Crippen LogP contribution in [0.1, 0.15) is 12.7 Å². The predicted molar refractivity (Wildman–Crippen MR) is 122 cm³/mol. The van der Waals surface area contributed by atoms with E-state index in [1.54, 1.807) is 6.08 Å². The van der Waals surface area contributed by atoms with E-state index in [0.717, 1.165) is 38.6 Å². The van der Waals surface area contributed by atoms with Crippen molar-refractivity contribution in [2.24, 2.45) is 0 Å². The van der Waals surface area contributed by atoms with Gasteiger partial charge in [-0.15, -0.1) is 0 Å². The summed E-state index contributed by atoms with van der Waals surface area (Å²) in [6.07, 6.45) is 3.64. The van der Waals surface area contributed by atoms with E-state index in [-0.39, 0.29) is 0 Å². The first-order valence-corrected chi connectivity index (χ1v) is 9.76. The summed E-state index contributed by atoms with van der Waals surface area (Å²) < 4.78 is 6.05. The fraction of sp³-hybridized carbons (Fsp3) is 0.0385. The van der Waals surface area contributed by atoms with Crippen LogP contribution < -0.4 is 0 Å². The summed E-state index contributed by atoms with van der Waals surface area (Å²) in [6.45, 7) is 5.75. The molecular formula is C26H19N3O. The largest absolute Gasteiger partial charge is 0.456 e. The van der Waals surface area contributed by atoms with Crippen LogP contribution >= 0.6 is 0 Å². The SMILES string of the molecule is C=CC=C(C)c1nc(-c2ccccc2)nc(-c2ccc3c(c2)oc2ccccc23)n1. The second kappa shape index (κ2) is 7.41. The zero-order chi connectivity index (χ0) is 20.5. The Labute approximate surface area is 174 Å². The first-order chi connectivity index (χ1) is 14.7. The Bertz CT molecular complexity index is 1410. The Morgan fingerprint density at radius 2 is 1.47 bits per heavy atom. The van der Waals surface area contributed by atoms with Gasteiger partial charge in [-0.25, -0.2) is 15.0 Å². The number of furan rings is 1. The Hall–Kier alpha value is -4.05. The lowest BCUT2D eigenvalue weighted by Crippen LogP contribution is -2.01. The van der Waals surface area contributed by atoms with E-state index in [9.17, 15) is 0 Å². The second-order valence-electron chi connectivity index (χ2n) is 7.07. The van der Waals surface area contributed by atoms with Gasteiger partial charge in [0.25, 0.3) is 0 Å². The van der Waals surface area contributed by atoms with E-state index in [0.29, 0.717) is 17.5 Å². The molecule has 0 radical (unpaired) electrons. The molecule has 0 spiro atoms. The molecule has 4 heteroatoms. The maximum atomic E-state index is 6.05. The summed E-state index contributed by atoms with van der Waals surface area (Å²) in [6, 6.07) is 24.1. The van der Waals surface area contributed by atoms with E-state index in [4.69, 9.17) is 14.4 Å². The van der Waals surface area contributed by atoms with Gasteiger partial charge in [-0.3, -0.25) is 0 Å². The van der Waals surface area contributed by atoms with Crippen molar-refractivity contribution in [3.8, 4) is 22.8 Å². The molecule has 5 rings (SSSR count). The number of allylic oxidation sites excluding steroid dienone is 3. The molecule has 0 atom stereocenters. The number of fused-ring (bicyclic) bond motifs is 3. The van der Waals surface area contributed by atoms with Gasteiger partial charge in [-0.05, 0) is 30.7 Å². The molecule has 0 fully saturated rings. The Balaban J connectivity index is 1.71. The number of nitrogens with zero attached hydrogens (tertiary/aromatic N) is 3. The minimum atomic E-state index is 0.609. The molecule has 2 aromatic heterocycles. The number of aromatic nitrogens is 3. The third-order valence-corrected chi connectivity index (χ3v) is 5.02. The first-order valence-electron chi connectivity index (χ1n) is 9.76. The molecule has 4 nitrogen and oxygen atoms in total. The van der Waals surface area contributed by atoms with Gasteiger partial charge in [0.15, 0.2) is 17.5 Å². The molecular weight excluding hydrogens is 370 g/mol. The quantitative estimate of drug-likeness (QED) is 0.321. The minimum absolute atomic E-state index is 0.609. The molecule has 0 unspecified atom stereocenters. The highest BCUT2D eigenvalue weighted by molar-refractivity contribution is 6.05. The monoisotopic (exact) mass is 389 g/mol. The molecule has 5 aromatic rings. The van der Waals surface area contributed by atoms with Crippen LogP contribution in [0.5, 0.6) is 0 Å². The van der Waals surface area contributed by atoms with Crippen LogP contribution in [0.15, 0.2) is 95.9 Å². The summed E-state index contributed by atoms with van der Waals surface area (Å²) in [4.78, 5) is 14.2. The molecule has 30 heavy (non-hydrogen) atoms. The number of rotatable bonds is 4. The van der Waals surface area contributed by atoms with Gasteiger partial charge < -0.3 is 4.42 Å². The van der Waals surface area contributed by atoms with Gasteiger partial charge in [0.05, 0.1) is 0 Å². The lowest BCUT2D eigenvalue weighted by atomic mass is 10.1. The molecule has 0 saturated carbocycles. The molecule has 0 aliphatic carbocycles. The molecule has 144 valence electrons. The molecule has 0 aliphatic heterocycles. The molecule has 2 heterocycles. The van der Waals surface area contributed by atoms with E-state index in [1.807, 2.05) is 73.7 Å². The molecule has 0 saturated heterocycles. The summed E-state index contributed by atoms with van der Waals surface area (Å²) in [5.74, 6) is 1.87. The van der Waals surface area contributed by atoms with Crippen molar-refractivity contribution in [1.29, 1.82) is 0 Å². The van der Waals surface area contributed by atoms with Crippen molar-refractivity contribution in [1.82, 2.24) is 15.0 Å². The first kappa shape index (κ1) is 18.0. The molecule has 0 amide bonds. The van der Waals surface area contributed by atoms with E-state index in [2.05, 4.69) is 23.7 Å². The maximum absolute atomic E-state index is 6.05. The smallest absolute Gasteiger partial charge is 0.164 e. The summed E-state index contributed by atoms with van der Waals surface area (Å²) >= 11 is 0. The lowest BCUT2D eigenvalue weighted by molar-refractivity contribution is 0.669. The van der Waals surface area contributed by atoms with Crippen LogP contribution in [-0.2, 0) is 0 Å². The summed E-state index contributed by atoms with van der Waals surface area (Å²) in [5.41, 5.74) is 4.44. The third kappa shape index (κ3) is 3.18. The van der Waals surface area contributed by atoms with Crippen molar-refractivity contribution in [2.45, 2.75) is 6.92 Å². The normalized spacial score (nSPS) is 11.8.